The minimum absolute atomic E-state index is 0.0329. The van der Waals surface area contributed by atoms with Crippen molar-refractivity contribution >= 4 is 35.2 Å². The third-order valence-corrected chi connectivity index (χ3v) is 6.68. The first-order valence-corrected chi connectivity index (χ1v) is 11.4. The lowest BCUT2D eigenvalue weighted by Crippen LogP contribution is -2.50. The third-order valence-electron chi connectivity index (χ3n) is 5.64. The number of benzene rings is 2. The van der Waals surface area contributed by atoms with Crippen molar-refractivity contribution in [3.05, 3.63) is 54.1 Å². The molecule has 0 saturated carbocycles. The van der Waals surface area contributed by atoms with Gasteiger partial charge in [-0.25, -0.2) is 0 Å². The zero-order chi connectivity index (χ0) is 21.8. The summed E-state index contributed by atoms with van der Waals surface area (Å²) in [6.45, 7) is 2.32. The third kappa shape index (κ3) is 4.69. The number of aromatic hydroxyl groups is 1. The number of para-hydroxylation sites is 2. The van der Waals surface area contributed by atoms with Gasteiger partial charge in [-0.15, -0.1) is 11.8 Å². The molecule has 31 heavy (non-hydrogen) atoms. The molecule has 1 N–H and O–H groups in total. The second-order valence-corrected chi connectivity index (χ2v) is 8.69. The van der Waals surface area contributed by atoms with Gasteiger partial charge in [-0.3, -0.25) is 14.4 Å². The number of nitrogens with zero attached hydrogens (tertiary/aromatic N) is 3. The Morgan fingerprint density at radius 1 is 0.806 bits per heavy atom. The molecule has 0 bridgehead atoms. The molecule has 0 aromatic heterocycles. The van der Waals surface area contributed by atoms with E-state index in [-0.39, 0.29) is 41.9 Å². The number of piperazine rings is 1. The molecular formula is C23H25N3O4S. The lowest BCUT2D eigenvalue weighted by molar-refractivity contribution is -0.134. The van der Waals surface area contributed by atoms with Crippen LogP contribution in [0.25, 0.3) is 0 Å². The zero-order valence-electron chi connectivity index (χ0n) is 17.2. The monoisotopic (exact) mass is 439 g/mol. The summed E-state index contributed by atoms with van der Waals surface area (Å²) < 4.78 is 0. The number of thioether (sulfide) groups is 1. The Kier molecular flexibility index (Phi) is 6.46. The Hall–Kier alpha value is -3.00. The molecule has 2 aliphatic heterocycles. The Labute approximate surface area is 185 Å². The molecule has 7 nitrogen and oxygen atoms in total. The van der Waals surface area contributed by atoms with Crippen molar-refractivity contribution in [1.82, 2.24) is 9.80 Å². The van der Waals surface area contributed by atoms with Crippen LogP contribution in [0, 0.1) is 0 Å². The fourth-order valence-electron chi connectivity index (χ4n) is 3.92. The van der Waals surface area contributed by atoms with E-state index in [2.05, 4.69) is 0 Å². The number of phenolic OH excluding ortho intramolecular Hbond substituents is 1. The minimum atomic E-state index is -0.234. The van der Waals surface area contributed by atoms with Crippen LogP contribution < -0.4 is 4.90 Å². The van der Waals surface area contributed by atoms with E-state index < -0.39 is 0 Å². The van der Waals surface area contributed by atoms with Crippen molar-refractivity contribution in [3.63, 3.8) is 0 Å². The SMILES string of the molecule is O=C(CCC(=O)N1CCSc2ccccc21)N1CCN(C(=O)c2ccccc2O)CC1. The summed E-state index contributed by atoms with van der Waals surface area (Å²) >= 11 is 1.74. The molecule has 1 fully saturated rings. The van der Waals surface area contributed by atoms with Crippen molar-refractivity contribution in [1.29, 1.82) is 0 Å². The van der Waals surface area contributed by atoms with Crippen LogP contribution in [0.4, 0.5) is 5.69 Å². The second kappa shape index (κ2) is 9.43. The van der Waals surface area contributed by atoms with Crippen LogP contribution in [-0.4, -0.2) is 71.1 Å². The molecule has 4 rings (SSSR count). The van der Waals surface area contributed by atoms with E-state index in [0.29, 0.717) is 32.7 Å². The van der Waals surface area contributed by atoms with Gasteiger partial charge >= 0.3 is 0 Å². The van der Waals surface area contributed by atoms with Gasteiger partial charge in [0.2, 0.25) is 11.8 Å². The Bertz CT molecular complexity index is 988. The van der Waals surface area contributed by atoms with Gasteiger partial charge in [-0.2, -0.15) is 0 Å². The highest BCUT2D eigenvalue weighted by atomic mass is 32.2. The highest BCUT2D eigenvalue weighted by molar-refractivity contribution is 7.99. The minimum Gasteiger partial charge on any atom is -0.507 e. The largest absolute Gasteiger partial charge is 0.507 e. The average Bonchev–Trinajstić information content (AvgIpc) is 2.82. The van der Waals surface area contributed by atoms with Gasteiger partial charge in [-0.1, -0.05) is 24.3 Å². The van der Waals surface area contributed by atoms with Crippen LogP contribution >= 0.6 is 11.8 Å². The van der Waals surface area contributed by atoms with Crippen LogP contribution in [0.5, 0.6) is 5.75 Å². The first-order valence-electron chi connectivity index (χ1n) is 10.4. The summed E-state index contributed by atoms with van der Waals surface area (Å²) in [5.74, 6) is 0.477. The standard InChI is InChI=1S/C23H25N3O4S/c27-19-7-3-1-5-17(19)23(30)25-13-11-24(12-14-25)21(28)9-10-22(29)26-15-16-31-20-8-4-2-6-18(20)26/h1-8,27H,9-16H2. The van der Waals surface area contributed by atoms with Gasteiger partial charge in [-0.05, 0) is 24.3 Å². The van der Waals surface area contributed by atoms with Crippen LogP contribution in [-0.2, 0) is 9.59 Å². The molecule has 8 heteroatoms. The number of amides is 3. The van der Waals surface area contributed by atoms with Crippen LogP contribution in [0.1, 0.15) is 23.2 Å². The molecule has 2 aromatic carbocycles. The molecule has 0 aliphatic carbocycles. The summed E-state index contributed by atoms with van der Waals surface area (Å²) in [5.41, 5.74) is 1.19. The van der Waals surface area contributed by atoms with Crippen molar-refractivity contribution in [3.8, 4) is 5.75 Å². The van der Waals surface area contributed by atoms with Crippen molar-refractivity contribution in [2.45, 2.75) is 17.7 Å². The van der Waals surface area contributed by atoms with Gasteiger partial charge in [0.05, 0.1) is 11.3 Å². The molecule has 162 valence electrons. The van der Waals surface area contributed by atoms with E-state index in [1.807, 2.05) is 24.3 Å². The molecular weight excluding hydrogens is 414 g/mol. The maximum Gasteiger partial charge on any atom is 0.257 e. The second-order valence-electron chi connectivity index (χ2n) is 7.55. The molecule has 2 aromatic rings. The van der Waals surface area contributed by atoms with E-state index in [1.165, 1.54) is 6.07 Å². The van der Waals surface area contributed by atoms with E-state index in [0.717, 1.165) is 16.3 Å². The van der Waals surface area contributed by atoms with Gasteiger partial charge in [0.25, 0.3) is 5.91 Å². The smallest absolute Gasteiger partial charge is 0.257 e. The van der Waals surface area contributed by atoms with Gasteiger partial charge in [0.15, 0.2) is 0 Å². The summed E-state index contributed by atoms with van der Waals surface area (Å²) in [4.78, 5) is 44.2. The normalized spacial score (nSPS) is 16.1. The molecule has 0 atom stereocenters. The number of anilines is 1. The Morgan fingerprint density at radius 2 is 1.45 bits per heavy atom. The molecule has 0 spiro atoms. The van der Waals surface area contributed by atoms with E-state index in [1.54, 1.807) is 44.7 Å². The summed E-state index contributed by atoms with van der Waals surface area (Å²) in [6.07, 6.45) is 0.340. The highest BCUT2D eigenvalue weighted by Gasteiger charge is 2.27. The topological polar surface area (TPSA) is 81.2 Å². The van der Waals surface area contributed by atoms with Crippen molar-refractivity contribution in [2.24, 2.45) is 0 Å². The van der Waals surface area contributed by atoms with Crippen LogP contribution in [0.3, 0.4) is 0 Å². The molecule has 3 amide bonds. The molecule has 1 saturated heterocycles. The fraction of sp³-hybridized carbons (Fsp3) is 0.348. The molecule has 2 heterocycles. The molecule has 0 radical (unpaired) electrons. The summed E-state index contributed by atoms with van der Waals surface area (Å²) in [5, 5.41) is 9.89. The van der Waals surface area contributed by atoms with Gasteiger partial charge in [0, 0.05) is 56.2 Å². The van der Waals surface area contributed by atoms with Crippen LogP contribution in [0.15, 0.2) is 53.4 Å². The maximum atomic E-state index is 12.7. The summed E-state index contributed by atoms with van der Waals surface area (Å²) in [7, 11) is 0. The predicted molar refractivity (Wildman–Crippen MR) is 119 cm³/mol. The van der Waals surface area contributed by atoms with Crippen molar-refractivity contribution in [2.75, 3.05) is 43.4 Å². The van der Waals surface area contributed by atoms with Gasteiger partial charge < -0.3 is 19.8 Å². The quantitative estimate of drug-likeness (QED) is 0.792. The maximum absolute atomic E-state index is 12.7. The van der Waals surface area contributed by atoms with E-state index in [9.17, 15) is 19.5 Å². The zero-order valence-corrected chi connectivity index (χ0v) is 18.0. The predicted octanol–water partition coefficient (Wildman–Crippen LogP) is 2.60. The fourth-order valence-corrected chi connectivity index (χ4v) is 4.91. The Balaban J connectivity index is 1.28. The van der Waals surface area contributed by atoms with Gasteiger partial charge in [0.1, 0.15) is 5.75 Å². The van der Waals surface area contributed by atoms with Crippen LogP contribution in [0.2, 0.25) is 0 Å². The summed E-state index contributed by atoms with van der Waals surface area (Å²) in [6, 6.07) is 14.3. The van der Waals surface area contributed by atoms with E-state index >= 15 is 0 Å². The first-order chi connectivity index (χ1) is 15.0. The lowest BCUT2D eigenvalue weighted by Gasteiger charge is -2.35. The molecule has 2 aliphatic rings. The number of phenols is 1. The number of carbonyl (C=O) groups excluding carboxylic acids is 3. The number of rotatable bonds is 4. The van der Waals surface area contributed by atoms with E-state index in [4.69, 9.17) is 0 Å². The number of fused-ring (bicyclic) bond motifs is 1. The lowest BCUT2D eigenvalue weighted by atomic mass is 10.1. The number of hydrogen-bond donors (Lipinski definition) is 1. The number of hydrogen-bond acceptors (Lipinski definition) is 5. The highest BCUT2D eigenvalue weighted by Crippen LogP contribution is 2.34. The average molecular weight is 440 g/mol. The Morgan fingerprint density at radius 3 is 2.23 bits per heavy atom. The first kappa shape index (κ1) is 21.2. The number of carbonyl (C=O) groups is 3. The molecule has 0 unspecified atom stereocenters. The van der Waals surface area contributed by atoms with Crippen molar-refractivity contribution < 1.29 is 19.5 Å².